The van der Waals surface area contributed by atoms with Crippen molar-refractivity contribution in [2.24, 2.45) is 28.6 Å². The predicted octanol–water partition coefficient (Wildman–Crippen LogP) is 9.22. The van der Waals surface area contributed by atoms with Crippen LogP contribution in [0.4, 0.5) is 22.0 Å². The molecule has 3 fully saturated rings. The molecule has 1 spiro atoms. The Morgan fingerprint density at radius 1 is 0.933 bits per heavy atom. The lowest BCUT2D eigenvalue weighted by molar-refractivity contribution is -0.284. The number of rotatable bonds is 15. The van der Waals surface area contributed by atoms with Crippen molar-refractivity contribution in [3.63, 3.8) is 0 Å². The fourth-order valence-corrected chi connectivity index (χ4v) is 11.1. The Balaban J connectivity index is 1.08. The number of ether oxygens (including phenoxy) is 1. The minimum absolute atomic E-state index is 0.0795. The van der Waals surface area contributed by atoms with Gasteiger partial charge in [0, 0.05) is 18.9 Å². The summed E-state index contributed by atoms with van der Waals surface area (Å²) < 4.78 is 81.1. The number of aliphatic hydroxyl groups is 1. The third kappa shape index (κ3) is 6.91. The highest BCUT2D eigenvalue weighted by molar-refractivity contribution is 7.91. The highest BCUT2D eigenvalue weighted by Crippen LogP contribution is 2.77. The molecule has 5 rings (SSSR count). The average Bonchev–Trinajstić information content (AvgIpc) is 3.76. The maximum Gasteiger partial charge on any atom is 0.453 e. The van der Waals surface area contributed by atoms with Gasteiger partial charge < -0.3 is 19.5 Å². The third-order valence-corrected chi connectivity index (χ3v) is 13.9. The average molecular weight is 663 g/mol. The molecule has 4 unspecified atom stereocenters. The first kappa shape index (κ1) is 35.2. The fourth-order valence-electron chi connectivity index (χ4n) is 9.87. The first-order valence-electron chi connectivity index (χ1n) is 17.1. The van der Waals surface area contributed by atoms with Crippen LogP contribution in [0.3, 0.4) is 0 Å². The summed E-state index contributed by atoms with van der Waals surface area (Å²) in [5.41, 5.74) is 2.70. The Kier molecular flexibility index (Phi) is 10.8. The zero-order chi connectivity index (χ0) is 32.6. The number of halogens is 5. The molecule has 2 N–H and O–H groups in total. The molecule has 8 atom stereocenters. The van der Waals surface area contributed by atoms with Crippen LogP contribution in [0.25, 0.3) is 0 Å². The van der Waals surface area contributed by atoms with Crippen LogP contribution in [-0.2, 0) is 15.9 Å². The molecule has 0 saturated heterocycles. The van der Waals surface area contributed by atoms with Crippen molar-refractivity contribution in [3.8, 4) is 5.75 Å². The van der Waals surface area contributed by atoms with Gasteiger partial charge in [-0.05, 0) is 110 Å². The molecule has 0 radical (unpaired) electrons. The lowest BCUT2D eigenvalue weighted by Crippen LogP contribution is -2.48. The van der Waals surface area contributed by atoms with Crippen molar-refractivity contribution in [2.45, 2.75) is 133 Å². The minimum Gasteiger partial charge on any atom is -0.616 e. The molecule has 0 bridgehead atoms. The van der Waals surface area contributed by atoms with E-state index in [9.17, 15) is 36.7 Å². The molecule has 4 nitrogen and oxygen atoms in total. The molecule has 0 aliphatic heterocycles. The van der Waals surface area contributed by atoms with Gasteiger partial charge in [-0.1, -0.05) is 56.3 Å². The Bertz CT molecular complexity index is 1140. The van der Waals surface area contributed by atoms with Gasteiger partial charge in [0.25, 0.3) is 0 Å². The summed E-state index contributed by atoms with van der Waals surface area (Å²) in [7, 11) is 1.78. The molecule has 0 heterocycles. The highest BCUT2D eigenvalue weighted by atomic mass is 32.2. The zero-order valence-electron chi connectivity index (χ0n) is 26.7. The van der Waals surface area contributed by atoms with Crippen LogP contribution in [0.2, 0.25) is 0 Å². The smallest absolute Gasteiger partial charge is 0.453 e. The number of alkyl halides is 5. The van der Waals surface area contributed by atoms with E-state index in [0.29, 0.717) is 35.8 Å². The molecule has 0 amide bonds. The summed E-state index contributed by atoms with van der Waals surface area (Å²) in [6.07, 6.45) is 5.69. The summed E-state index contributed by atoms with van der Waals surface area (Å²) in [6.45, 7) is 2.45. The maximum absolute atomic E-state index is 13.0. The van der Waals surface area contributed by atoms with Crippen LogP contribution in [0.1, 0.15) is 126 Å². The first-order valence-corrected chi connectivity index (χ1v) is 18.6. The van der Waals surface area contributed by atoms with Gasteiger partial charge >= 0.3 is 12.1 Å². The van der Waals surface area contributed by atoms with Crippen LogP contribution in [-0.4, -0.2) is 51.6 Å². The maximum atomic E-state index is 13.0. The van der Waals surface area contributed by atoms with Crippen molar-refractivity contribution in [3.05, 3.63) is 29.3 Å². The number of benzene rings is 1. The standard InChI is InChI=1S/C35H51F5O4S/c1-32-16-14-25-24-13-12-23(41)21-27(24)31(44-2)26(30(25)28(32)22-29(42)33(32)17-18-33)11-8-6-4-3-5-7-9-19-45(43)20-10-15-34(36,37)35(38,39)40/h12-13,21,25-26,28-31,41-42H,3-11,14-20,22H2,1-2H3/t25?,26-,28?,29+,30?,31+,32-,45?/m0/s1. The molecule has 1 aromatic carbocycles. The summed E-state index contributed by atoms with van der Waals surface area (Å²) in [6, 6.07) is 5.81. The van der Waals surface area contributed by atoms with E-state index in [1.54, 1.807) is 13.2 Å². The van der Waals surface area contributed by atoms with Gasteiger partial charge in [-0.2, -0.15) is 22.0 Å². The van der Waals surface area contributed by atoms with Gasteiger partial charge in [0.05, 0.1) is 12.2 Å². The van der Waals surface area contributed by atoms with Crippen molar-refractivity contribution in [1.29, 1.82) is 0 Å². The molecule has 3 saturated carbocycles. The number of aliphatic hydroxyl groups excluding tert-OH is 1. The van der Waals surface area contributed by atoms with Crippen LogP contribution < -0.4 is 0 Å². The van der Waals surface area contributed by atoms with E-state index in [-0.39, 0.29) is 34.5 Å². The third-order valence-electron chi connectivity index (χ3n) is 12.4. The van der Waals surface area contributed by atoms with Crippen LogP contribution >= 0.6 is 0 Å². The van der Waals surface area contributed by atoms with E-state index >= 15 is 0 Å². The second-order valence-electron chi connectivity index (χ2n) is 14.7. The largest absolute Gasteiger partial charge is 0.616 e. The van der Waals surface area contributed by atoms with Crippen LogP contribution in [0.5, 0.6) is 5.75 Å². The number of methoxy groups -OCH3 is 1. The Hall–Kier alpha value is -1.10. The Morgan fingerprint density at radius 2 is 1.58 bits per heavy atom. The minimum atomic E-state index is -5.55. The number of hydrogen-bond acceptors (Lipinski definition) is 4. The second kappa shape index (κ2) is 13.8. The number of hydrogen-bond donors (Lipinski definition) is 2. The SMILES string of the molecule is CO[C@H]1c2cc(O)ccc2C2CC[C@@]3(C)C(C[C@@H](O)C34CC4)C2[C@@H]1CCCCCCCCC[S+]([O-])CCCC(F)(F)C(F)(F)F. The number of unbranched alkanes of at least 4 members (excludes halogenated alkanes) is 6. The Morgan fingerprint density at radius 3 is 2.22 bits per heavy atom. The van der Waals surface area contributed by atoms with E-state index in [1.807, 2.05) is 6.07 Å². The van der Waals surface area contributed by atoms with Gasteiger partial charge in [0.2, 0.25) is 0 Å². The van der Waals surface area contributed by atoms with Crippen molar-refractivity contribution >= 4 is 11.2 Å². The van der Waals surface area contributed by atoms with Crippen molar-refractivity contribution < 1.29 is 41.5 Å². The van der Waals surface area contributed by atoms with Crippen molar-refractivity contribution in [2.75, 3.05) is 18.6 Å². The summed E-state index contributed by atoms with van der Waals surface area (Å²) >= 11 is -1.37. The zero-order valence-corrected chi connectivity index (χ0v) is 27.5. The van der Waals surface area contributed by atoms with Gasteiger partial charge in [0.1, 0.15) is 17.3 Å². The summed E-state index contributed by atoms with van der Waals surface area (Å²) in [5.74, 6) is -2.58. The molecule has 4 aliphatic rings. The predicted molar refractivity (Wildman–Crippen MR) is 166 cm³/mol. The molecule has 1 aromatic rings. The molecule has 0 aromatic heterocycles. The molecule has 256 valence electrons. The van der Waals surface area contributed by atoms with Crippen molar-refractivity contribution in [1.82, 2.24) is 0 Å². The Labute approximate surface area is 268 Å². The normalized spacial score (nSPS) is 32.6. The quantitative estimate of drug-likeness (QED) is 0.112. The van der Waals surface area contributed by atoms with E-state index in [0.717, 1.165) is 82.6 Å². The fraction of sp³-hybridized carbons (Fsp3) is 0.829. The topological polar surface area (TPSA) is 72.8 Å². The van der Waals surface area contributed by atoms with Crippen LogP contribution in [0, 0.1) is 28.6 Å². The summed E-state index contributed by atoms with van der Waals surface area (Å²) in [5, 5.41) is 21.6. The van der Waals surface area contributed by atoms with E-state index in [1.165, 1.54) is 5.56 Å². The lowest BCUT2D eigenvalue weighted by atomic mass is 9.50. The van der Waals surface area contributed by atoms with Crippen LogP contribution in [0.15, 0.2) is 18.2 Å². The second-order valence-corrected chi connectivity index (χ2v) is 16.4. The monoisotopic (exact) mass is 662 g/mol. The molecule has 45 heavy (non-hydrogen) atoms. The van der Waals surface area contributed by atoms with Gasteiger partial charge in [-0.15, -0.1) is 0 Å². The lowest BCUT2D eigenvalue weighted by Gasteiger charge is -2.55. The summed E-state index contributed by atoms with van der Waals surface area (Å²) in [4.78, 5) is 0. The van der Waals surface area contributed by atoms with Gasteiger partial charge in [-0.25, -0.2) is 0 Å². The van der Waals surface area contributed by atoms with E-state index in [4.69, 9.17) is 4.74 Å². The van der Waals surface area contributed by atoms with E-state index < -0.39 is 36.1 Å². The highest BCUT2D eigenvalue weighted by Gasteiger charge is 2.71. The molecule has 10 heteroatoms. The molecular weight excluding hydrogens is 611 g/mol. The van der Waals surface area contributed by atoms with E-state index in [2.05, 4.69) is 13.0 Å². The molecule has 4 aliphatic carbocycles. The first-order chi connectivity index (χ1) is 21.3. The number of aromatic hydroxyl groups is 1. The number of fused-ring (bicyclic) bond motifs is 6. The number of phenolic OH excluding ortho intramolecular Hbond substituents is 1. The van der Waals surface area contributed by atoms with Gasteiger partial charge in [0.15, 0.2) is 0 Å². The molecular formula is C35H51F5O4S. The number of phenols is 1. The van der Waals surface area contributed by atoms with Gasteiger partial charge in [-0.3, -0.25) is 0 Å².